The number of hydrogen-bond donors (Lipinski definition) is 1. The van der Waals surface area contributed by atoms with E-state index in [1.807, 2.05) is 60.7 Å². The number of carbonyl (C=O) groups is 2. The number of aryl methyl sites for hydroxylation is 1. The molecule has 3 aromatic rings. The second kappa shape index (κ2) is 8.10. The molecule has 0 saturated carbocycles. The molecule has 0 fully saturated rings. The van der Waals surface area contributed by atoms with E-state index in [9.17, 15) is 9.59 Å². The van der Waals surface area contributed by atoms with Crippen LogP contribution in [0.15, 0.2) is 84.7 Å². The smallest absolute Gasteiger partial charge is 0.278 e. The number of imide groups is 1. The van der Waals surface area contributed by atoms with Gasteiger partial charge in [-0.1, -0.05) is 55.5 Å². The molecule has 5 heteroatoms. The van der Waals surface area contributed by atoms with Crippen LogP contribution in [-0.2, 0) is 22.6 Å². The minimum Gasteiger partial charge on any atom is -0.350 e. The van der Waals surface area contributed by atoms with Crippen LogP contribution in [0.25, 0.3) is 5.57 Å². The Hall–Kier alpha value is -3.73. The van der Waals surface area contributed by atoms with Gasteiger partial charge in [0, 0.05) is 11.9 Å². The summed E-state index contributed by atoms with van der Waals surface area (Å²) in [7, 11) is 0. The first-order valence-electron chi connectivity index (χ1n) is 9.59. The molecule has 5 nitrogen and oxygen atoms in total. The van der Waals surface area contributed by atoms with E-state index in [0.717, 1.165) is 12.1 Å². The van der Waals surface area contributed by atoms with Gasteiger partial charge in [-0.05, 0) is 41.8 Å². The van der Waals surface area contributed by atoms with Crippen LogP contribution >= 0.6 is 0 Å². The molecular formula is C24H21N3O2. The molecule has 1 aromatic heterocycles. The highest BCUT2D eigenvalue weighted by Crippen LogP contribution is 2.31. The Balaban J connectivity index is 1.71. The fraction of sp³-hybridized carbons (Fsp3) is 0.125. The van der Waals surface area contributed by atoms with E-state index in [2.05, 4.69) is 17.2 Å². The standard InChI is InChI=1S/C24H21N3O2/c1-2-17-11-13-19(14-12-17)26-22-21(18-8-4-3-5-9-18)23(28)27(24(22)29)16-20-10-6-7-15-25-20/h3-15,26H,2,16H2,1H3. The fourth-order valence-corrected chi connectivity index (χ4v) is 3.33. The van der Waals surface area contributed by atoms with Crippen molar-refractivity contribution in [3.05, 3.63) is 102 Å². The van der Waals surface area contributed by atoms with Gasteiger partial charge in [0.2, 0.25) is 0 Å². The number of nitrogens with zero attached hydrogens (tertiary/aromatic N) is 2. The summed E-state index contributed by atoms with van der Waals surface area (Å²) in [5, 5.41) is 3.18. The van der Waals surface area contributed by atoms with E-state index in [0.29, 0.717) is 22.5 Å². The van der Waals surface area contributed by atoms with Crippen molar-refractivity contribution >= 4 is 23.1 Å². The van der Waals surface area contributed by atoms with E-state index in [1.54, 1.807) is 18.3 Å². The maximum atomic E-state index is 13.2. The topological polar surface area (TPSA) is 62.3 Å². The van der Waals surface area contributed by atoms with E-state index in [4.69, 9.17) is 0 Å². The van der Waals surface area contributed by atoms with Crippen molar-refractivity contribution in [2.75, 3.05) is 5.32 Å². The number of rotatable bonds is 6. The molecule has 29 heavy (non-hydrogen) atoms. The van der Waals surface area contributed by atoms with Gasteiger partial charge < -0.3 is 5.32 Å². The number of aromatic nitrogens is 1. The molecule has 0 aliphatic carbocycles. The lowest BCUT2D eigenvalue weighted by atomic mass is 10.0. The molecule has 144 valence electrons. The van der Waals surface area contributed by atoms with Crippen LogP contribution in [-0.4, -0.2) is 21.7 Å². The van der Waals surface area contributed by atoms with Crippen LogP contribution in [0.4, 0.5) is 5.69 Å². The van der Waals surface area contributed by atoms with Gasteiger partial charge in [-0.3, -0.25) is 19.5 Å². The summed E-state index contributed by atoms with van der Waals surface area (Å²) in [6.45, 7) is 2.22. The molecule has 4 rings (SSSR count). The van der Waals surface area contributed by atoms with Crippen molar-refractivity contribution in [2.45, 2.75) is 19.9 Å². The molecule has 0 spiro atoms. The predicted molar refractivity (Wildman–Crippen MR) is 113 cm³/mol. The maximum absolute atomic E-state index is 13.2. The lowest BCUT2D eigenvalue weighted by Crippen LogP contribution is -2.32. The summed E-state index contributed by atoms with van der Waals surface area (Å²) in [5.74, 6) is -0.668. The Morgan fingerprint density at radius 1 is 0.862 bits per heavy atom. The zero-order valence-corrected chi connectivity index (χ0v) is 16.1. The van der Waals surface area contributed by atoms with Crippen LogP contribution < -0.4 is 5.32 Å². The lowest BCUT2D eigenvalue weighted by Gasteiger charge is -2.14. The van der Waals surface area contributed by atoms with Gasteiger partial charge in [-0.25, -0.2) is 0 Å². The number of carbonyl (C=O) groups excluding carboxylic acids is 2. The van der Waals surface area contributed by atoms with Crippen LogP contribution in [0.2, 0.25) is 0 Å². The first-order chi connectivity index (χ1) is 14.2. The Morgan fingerprint density at radius 3 is 2.24 bits per heavy atom. The molecule has 1 aliphatic heterocycles. The third-order valence-electron chi connectivity index (χ3n) is 4.91. The summed E-state index contributed by atoms with van der Waals surface area (Å²) in [4.78, 5) is 31.9. The molecule has 1 aliphatic rings. The SMILES string of the molecule is CCc1ccc(NC2=C(c3ccccc3)C(=O)N(Cc3ccccn3)C2=O)cc1. The van der Waals surface area contributed by atoms with Crippen molar-refractivity contribution in [2.24, 2.45) is 0 Å². The third-order valence-corrected chi connectivity index (χ3v) is 4.91. The second-order valence-electron chi connectivity index (χ2n) is 6.81. The molecule has 1 N–H and O–H groups in total. The largest absolute Gasteiger partial charge is 0.350 e. The monoisotopic (exact) mass is 383 g/mol. The number of hydrogen-bond acceptors (Lipinski definition) is 4. The number of amides is 2. The van der Waals surface area contributed by atoms with Crippen molar-refractivity contribution in [3.8, 4) is 0 Å². The minimum atomic E-state index is -0.348. The van der Waals surface area contributed by atoms with Gasteiger partial charge in [-0.15, -0.1) is 0 Å². The quantitative estimate of drug-likeness (QED) is 0.653. The highest BCUT2D eigenvalue weighted by Gasteiger charge is 2.39. The molecule has 0 unspecified atom stereocenters. The molecule has 0 atom stereocenters. The number of anilines is 1. The average molecular weight is 383 g/mol. The summed E-state index contributed by atoms with van der Waals surface area (Å²) >= 11 is 0. The van der Waals surface area contributed by atoms with Gasteiger partial charge in [0.15, 0.2) is 0 Å². The highest BCUT2D eigenvalue weighted by atomic mass is 16.2. The Bertz CT molecular complexity index is 1060. The summed E-state index contributed by atoms with van der Waals surface area (Å²) < 4.78 is 0. The summed E-state index contributed by atoms with van der Waals surface area (Å²) in [5.41, 5.74) is 4.02. The van der Waals surface area contributed by atoms with Crippen molar-refractivity contribution in [3.63, 3.8) is 0 Å². The van der Waals surface area contributed by atoms with E-state index >= 15 is 0 Å². The van der Waals surface area contributed by atoms with Gasteiger partial charge in [-0.2, -0.15) is 0 Å². The van der Waals surface area contributed by atoms with Crippen LogP contribution in [0, 0.1) is 0 Å². The first kappa shape index (κ1) is 18.6. The molecule has 2 heterocycles. The van der Waals surface area contributed by atoms with E-state index in [-0.39, 0.29) is 18.4 Å². The zero-order valence-electron chi connectivity index (χ0n) is 16.1. The van der Waals surface area contributed by atoms with Crippen molar-refractivity contribution in [1.29, 1.82) is 0 Å². The molecule has 0 bridgehead atoms. The Labute approximate surface area is 169 Å². The van der Waals surface area contributed by atoms with Gasteiger partial charge in [0.05, 0.1) is 17.8 Å². The normalized spacial score (nSPS) is 13.9. The molecule has 2 aromatic carbocycles. The zero-order chi connectivity index (χ0) is 20.2. The third kappa shape index (κ3) is 3.80. The summed E-state index contributed by atoms with van der Waals surface area (Å²) in [6.07, 6.45) is 2.59. The number of benzene rings is 2. The lowest BCUT2D eigenvalue weighted by molar-refractivity contribution is -0.137. The van der Waals surface area contributed by atoms with E-state index in [1.165, 1.54) is 10.5 Å². The molecule has 2 amide bonds. The fourth-order valence-electron chi connectivity index (χ4n) is 3.33. The summed E-state index contributed by atoms with van der Waals surface area (Å²) in [6, 6.07) is 22.6. The average Bonchev–Trinajstić information content (AvgIpc) is 3.00. The van der Waals surface area contributed by atoms with Crippen LogP contribution in [0.5, 0.6) is 0 Å². The Kier molecular flexibility index (Phi) is 5.20. The second-order valence-corrected chi connectivity index (χ2v) is 6.81. The highest BCUT2D eigenvalue weighted by molar-refractivity contribution is 6.36. The Morgan fingerprint density at radius 2 is 1.59 bits per heavy atom. The predicted octanol–water partition coefficient (Wildman–Crippen LogP) is 4.04. The number of pyridine rings is 1. The van der Waals surface area contributed by atoms with Crippen LogP contribution in [0.3, 0.4) is 0 Å². The first-order valence-corrected chi connectivity index (χ1v) is 9.59. The van der Waals surface area contributed by atoms with Gasteiger partial charge in [0.1, 0.15) is 5.70 Å². The molecular weight excluding hydrogens is 362 g/mol. The van der Waals surface area contributed by atoms with Gasteiger partial charge in [0.25, 0.3) is 11.8 Å². The van der Waals surface area contributed by atoms with Crippen molar-refractivity contribution in [1.82, 2.24) is 9.88 Å². The molecule has 0 radical (unpaired) electrons. The number of nitrogens with one attached hydrogen (secondary N) is 1. The van der Waals surface area contributed by atoms with Crippen LogP contribution in [0.1, 0.15) is 23.7 Å². The maximum Gasteiger partial charge on any atom is 0.278 e. The molecule has 0 saturated heterocycles. The minimum absolute atomic E-state index is 0.134. The van der Waals surface area contributed by atoms with Crippen molar-refractivity contribution < 1.29 is 9.59 Å². The van der Waals surface area contributed by atoms with Gasteiger partial charge >= 0.3 is 0 Å². The van der Waals surface area contributed by atoms with E-state index < -0.39 is 0 Å².